The minimum absolute atomic E-state index is 0.0678. The second-order valence-corrected chi connectivity index (χ2v) is 8.07. The Morgan fingerprint density at radius 2 is 2.03 bits per heavy atom. The molecule has 1 aromatic heterocycles. The zero-order valence-corrected chi connectivity index (χ0v) is 17.0. The normalized spacial score (nSPS) is 22.9. The van der Waals surface area contributed by atoms with Crippen LogP contribution in [0, 0.1) is 0 Å². The molecule has 0 radical (unpaired) electrons. The summed E-state index contributed by atoms with van der Waals surface area (Å²) < 4.78 is 5.67. The maximum Gasteiger partial charge on any atom is 0.318 e. The minimum atomic E-state index is -0.749. The van der Waals surface area contributed by atoms with Crippen LogP contribution >= 0.6 is 0 Å². The van der Waals surface area contributed by atoms with Crippen LogP contribution in [0.3, 0.4) is 0 Å². The Hall–Kier alpha value is -3.20. The van der Waals surface area contributed by atoms with Crippen LogP contribution in [0.2, 0.25) is 0 Å². The number of carbonyl (C=O) groups excluding carboxylic acids is 2. The summed E-state index contributed by atoms with van der Waals surface area (Å²) in [6, 6.07) is 7.32. The second kappa shape index (κ2) is 6.94. The van der Waals surface area contributed by atoms with Gasteiger partial charge in [0.2, 0.25) is 0 Å². The van der Waals surface area contributed by atoms with E-state index < -0.39 is 5.54 Å². The number of carbonyl (C=O) groups is 2. The van der Waals surface area contributed by atoms with E-state index >= 15 is 0 Å². The van der Waals surface area contributed by atoms with Crippen molar-refractivity contribution in [3.8, 4) is 11.4 Å². The summed E-state index contributed by atoms with van der Waals surface area (Å²) in [6.45, 7) is 3.46. The summed E-state index contributed by atoms with van der Waals surface area (Å²) in [6.07, 6.45) is 3.77. The van der Waals surface area contributed by atoms with Gasteiger partial charge in [0, 0.05) is 30.9 Å². The number of anilines is 3. The number of nitrogens with zero attached hydrogens (tertiary/aromatic N) is 4. The molecule has 3 heterocycles. The fourth-order valence-corrected chi connectivity index (χ4v) is 4.10. The maximum atomic E-state index is 13.3. The summed E-state index contributed by atoms with van der Waals surface area (Å²) in [5.41, 5.74) is 1.55. The molecule has 1 aromatic carbocycles. The lowest BCUT2D eigenvalue weighted by atomic mass is 9.93. The molecule has 3 amide bonds. The molecule has 9 heteroatoms. The lowest BCUT2D eigenvalue weighted by Crippen LogP contribution is -2.67. The SMILES string of the molecule is CNC(=O)Nc1ccc(-c2ncc3c(n2)N2CCOCC2(C)C(=O)N3C2CC2)cc1. The first-order valence-electron chi connectivity index (χ1n) is 10.2. The maximum absolute atomic E-state index is 13.3. The molecule has 2 N–H and O–H groups in total. The van der Waals surface area contributed by atoms with E-state index in [1.807, 2.05) is 36.1 Å². The van der Waals surface area contributed by atoms with E-state index in [0.717, 1.165) is 29.9 Å². The zero-order valence-electron chi connectivity index (χ0n) is 17.0. The fraction of sp³-hybridized carbons (Fsp3) is 0.429. The van der Waals surface area contributed by atoms with E-state index in [0.29, 0.717) is 31.3 Å². The average molecular weight is 408 g/mol. The number of amides is 3. The highest BCUT2D eigenvalue weighted by Gasteiger charge is 2.53. The molecule has 3 aliphatic rings. The van der Waals surface area contributed by atoms with E-state index in [1.54, 1.807) is 13.2 Å². The lowest BCUT2D eigenvalue weighted by molar-refractivity contribution is -0.127. The van der Waals surface area contributed by atoms with Gasteiger partial charge in [-0.15, -0.1) is 0 Å². The van der Waals surface area contributed by atoms with Crippen molar-refractivity contribution in [3.05, 3.63) is 30.5 Å². The van der Waals surface area contributed by atoms with Gasteiger partial charge in [-0.25, -0.2) is 14.8 Å². The molecule has 2 aromatic rings. The van der Waals surface area contributed by atoms with Crippen LogP contribution in [-0.2, 0) is 9.53 Å². The molecule has 1 unspecified atom stereocenters. The number of morpholine rings is 1. The predicted octanol–water partition coefficient (Wildman–Crippen LogP) is 2.00. The Bertz CT molecular complexity index is 1010. The molecule has 1 saturated heterocycles. The van der Waals surface area contributed by atoms with Gasteiger partial charge in [-0.3, -0.25) is 4.79 Å². The molecule has 2 fully saturated rings. The number of hydrogen-bond acceptors (Lipinski definition) is 6. The number of rotatable bonds is 3. The number of urea groups is 1. The second-order valence-electron chi connectivity index (χ2n) is 8.07. The van der Waals surface area contributed by atoms with Gasteiger partial charge in [0.25, 0.3) is 5.91 Å². The van der Waals surface area contributed by atoms with E-state index in [4.69, 9.17) is 9.72 Å². The molecule has 30 heavy (non-hydrogen) atoms. The van der Waals surface area contributed by atoms with Crippen molar-refractivity contribution in [3.63, 3.8) is 0 Å². The highest BCUT2D eigenvalue weighted by Crippen LogP contribution is 2.45. The molecule has 1 saturated carbocycles. The van der Waals surface area contributed by atoms with Crippen molar-refractivity contribution in [1.29, 1.82) is 0 Å². The molecule has 9 nitrogen and oxygen atoms in total. The lowest BCUT2D eigenvalue weighted by Gasteiger charge is -2.50. The fourth-order valence-electron chi connectivity index (χ4n) is 4.10. The third kappa shape index (κ3) is 2.97. The van der Waals surface area contributed by atoms with E-state index in [-0.39, 0.29) is 18.0 Å². The van der Waals surface area contributed by atoms with Gasteiger partial charge in [-0.2, -0.15) is 0 Å². The third-order valence-electron chi connectivity index (χ3n) is 5.92. The summed E-state index contributed by atoms with van der Waals surface area (Å²) in [7, 11) is 1.57. The van der Waals surface area contributed by atoms with Crippen molar-refractivity contribution in [2.24, 2.45) is 0 Å². The van der Waals surface area contributed by atoms with E-state index in [9.17, 15) is 9.59 Å². The summed E-state index contributed by atoms with van der Waals surface area (Å²) in [4.78, 5) is 38.2. The molecule has 1 aliphatic carbocycles. The summed E-state index contributed by atoms with van der Waals surface area (Å²) in [5.74, 6) is 1.43. The number of fused-ring (bicyclic) bond motifs is 3. The smallest absolute Gasteiger partial charge is 0.318 e. The largest absolute Gasteiger partial charge is 0.377 e. The van der Waals surface area contributed by atoms with Gasteiger partial charge in [0.15, 0.2) is 11.6 Å². The Morgan fingerprint density at radius 3 is 2.73 bits per heavy atom. The standard InChI is InChI=1S/C21H24N6O3/c1-21-12-30-10-9-26(21)18-16(27(19(21)28)15-7-8-15)11-23-17(25-18)13-3-5-14(6-4-13)24-20(29)22-2/h3-6,11,15H,7-10,12H2,1-2H3,(H2,22,24,29). The van der Waals surface area contributed by atoms with E-state index in [1.165, 1.54) is 0 Å². The molecular weight excluding hydrogens is 384 g/mol. The molecule has 1 atom stereocenters. The number of ether oxygens (including phenoxy) is 1. The molecular formula is C21H24N6O3. The van der Waals surface area contributed by atoms with Crippen LogP contribution in [0.1, 0.15) is 19.8 Å². The van der Waals surface area contributed by atoms with Gasteiger partial charge in [-0.1, -0.05) is 0 Å². The van der Waals surface area contributed by atoms with Crippen LogP contribution in [0.4, 0.5) is 22.0 Å². The van der Waals surface area contributed by atoms with Gasteiger partial charge >= 0.3 is 6.03 Å². The number of hydrogen-bond donors (Lipinski definition) is 2. The van der Waals surface area contributed by atoms with E-state index in [2.05, 4.69) is 20.5 Å². The molecule has 156 valence electrons. The third-order valence-corrected chi connectivity index (χ3v) is 5.92. The number of benzene rings is 1. The van der Waals surface area contributed by atoms with Gasteiger partial charge < -0.3 is 25.2 Å². The molecule has 5 rings (SSSR count). The number of nitrogens with one attached hydrogen (secondary N) is 2. The minimum Gasteiger partial charge on any atom is -0.377 e. The van der Waals surface area contributed by atoms with Crippen LogP contribution in [0.25, 0.3) is 11.4 Å². The zero-order chi connectivity index (χ0) is 20.9. The Balaban J connectivity index is 1.53. The topological polar surface area (TPSA) is 99.7 Å². The van der Waals surface area contributed by atoms with Gasteiger partial charge in [0.05, 0.1) is 19.4 Å². The van der Waals surface area contributed by atoms with Gasteiger partial charge in [0.1, 0.15) is 11.2 Å². The highest BCUT2D eigenvalue weighted by atomic mass is 16.5. The Kier molecular flexibility index (Phi) is 4.35. The molecule has 2 aliphatic heterocycles. The molecule has 0 spiro atoms. The van der Waals surface area contributed by atoms with Crippen molar-refractivity contribution < 1.29 is 14.3 Å². The monoisotopic (exact) mass is 408 g/mol. The Morgan fingerprint density at radius 1 is 1.27 bits per heavy atom. The van der Waals surface area contributed by atoms with Crippen molar-refractivity contribution in [2.45, 2.75) is 31.3 Å². The quantitative estimate of drug-likeness (QED) is 0.806. The summed E-state index contributed by atoms with van der Waals surface area (Å²) >= 11 is 0. The van der Waals surface area contributed by atoms with Crippen molar-refractivity contribution in [2.75, 3.05) is 41.9 Å². The first kappa shape index (κ1) is 18.8. The van der Waals surface area contributed by atoms with Crippen molar-refractivity contribution >= 4 is 29.1 Å². The van der Waals surface area contributed by atoms with Crippen LogP contribution in [0.5, 0.6) is 0 Å². The first-order chi connectivity index (χ1) is 14.5. The average Bonchev–Trinajstić information content (AvgIpc) is 3.60. The molecule has 0 bridgehead atoms. The first-order valence-corrected chi connectivity index (χ1v) is 10.2. The summed E-state index contributed by atoms with van der Waals surface area (Å²) in [5, 5.41) is 5.26. The predicted molar refractivity (Wildman–Crippen MR) is 113 cm³/mol. The van der Waals surface area contributed by atoms with Gasteiger partial charge in [-0.05, 0) is 44.0 Å². The Labute approximate surface area is 174 Å². The van der Waals surface area contributed by atoms with Crippen LogP contribution in [-0.4, -0.2) is 60.3 Å². The van der Waals surface area contributed by atoms with Crippen molar-refractivity contribution in [1.82, 2.24) is 15.3 Å². The van der Waals surface area contributed by atoms with Crippen LogP contribution < -0.4 is 20.4 Å². The highest BCUT2D eigenvalue weighted by molar-refractivity contribution is 6.08. The number of aromatic nitrogens is 2. The van der Waals surface area contributed by atoms with Crippen LogP contribution in [0.15, 0.2) is 30.5 Å².